The number of aryl methyl sites for hydroxylation is 1. The summed E-state index contributed by atoms with van der Waals surface area (Å²) in [7, 11) is 1.52. The Balaban J connectivity index is 1.95. The number of amides is 1. The number of ether oxygens (including phenoxy) is 1. The van der Waals surface area contributed by atoms with Crippen LogP contribution in [0.3, 0.4) is 0 Å². The summed E-state index contributed by atoms with van der Waals surface area (Å²) in [5, 5.41) is 2.65. The van der Waals surface area contributed by atoms with Crippen LogP contribution in [0.2, 0.25) is 0 Å². The Morgan fingerprint density at radius 3 is 2.94 bits per heavy atom. The fraction of sp³-hybridized carbons (Fsp3) is 0.583. The van der Waals surface area contributed by atoms with Crippen molar-refractivity contribution in [3.8, 4) is 5.88 Å². The maximum atomic E-state index is 11.8. The first kappa shape index (κ1) is 12.8. The zero-order valence-corrected chi connectivity index (χ0v) is 10.6. The lowest BCUT2D eigenvalue weighted by Crippen LogP contribution is -2.29. The molecule has 2 rings (SSSR count). The van der Waals surface area contributed by atoms with Gasteiger partial charge in [-0.3, -0.25) is 10.1 Å². The van der Waals surface area contributed by atoms with Gasteiger partial charge in [-0.25, -0.2) is 4.98 Å². The Bertz CT molecular complexity index is 446. The van der Waals surface area contributed by atoms with E-state index in [-0.39, 0.29) is 17.9 Å². The molecule has 6 nitrogen and oxygen atoms in total. The first-order valence-electron chi connectivity index (χ1n) is 6.03. The van der Waals surface area contributed by atoms with Crippen LogP contribution in [0.5, 0.6) is 5.88 Å². The molecule has 1 aromatic heterocycles. The van der Waals surface area contributed by atoms with Crippen LogP contribution in [0, 0.1) is 12.8 Å². The molecular formula is C12H18N4O2. The minimum atomic E-state index is -0.151. The maximum Gasteiger partial charge on any atom is 0.232 e. The van der Waals surface area contributed by atoms with E-state index >= 15 is 0 Å². The lowest BCUT2D eigenvalue weighted by atomic mass is 10.1. The number of methoxy groups -OCH3 is 1. The third-order valence-corrected chi connectivity index (χ3v) is 2.94. The monoisotopic (exact) mass is 250 g/mol. The first-order valence-corrected chi connectivity index (χ1v) is 6.03. The number of anilines is 1. The van der Waals surface area contributed by atoms with E-state index in [9.17, 15) is 4.79 Å². The average molecular weight is 250 g/mol. The van der Waals surface area contributed by atoms with Crippen LogP contribution in [0.15, 0.2) is 6.07 Å². The molecule has 3 N–H and O–H groups in total. The van der Waals surface area contributed by atoms with Gasteiger partial charge in [0.25, 0.3) is 0 Å². The van der Waals surface area contributed by atoms with Gasteiger partial charge in [0, 0.05) is 24.2 Å². The molecular weight excluding hydrogens is 232 g/mol. The highest BCUT2D eigenvalue weighted by atomic mass is 16.5. The summed E-state index contributed by atoms with van der Waals surface area (Å²) in [6.07, 6.45) is 2.57. The van der Waals surface area contributed by atoms with E-state index in [1.165, 1.54) is 7.11 Å². The standard InChI is InChI=1S/C12H18N4O2/c1-7-5-11(18-2)16-12(14-7)15-10(17)6-9(13)8-3-4-8/h5,8-9H,3-4,6,13H2,1-2H3,(H,14,15,16,17). The molecule has 1 heterocycles. The Hall–Kier alpha value is -1.69. The van der Waals surface area contributed by atoms with Crippen molar-refractivity contribution in [3.63, 3.8) is 0 Å². The zero-order valence-electron chi connectivity index (χ0n) is 10.6. The summed E-state index contributed by atoms with van der Waals surface area (Å²) < 4.78 is 5.02. The van der Waals surface area contributed by atoms with Crippen molar-refractivity contribution in [2.24, 2.45) is 11.7 Å². The Morgan fingerprint density at radius 2 is 2.33 bits per heavy atom. The van der Waals surface area contributed by atoms with Crippen LogP contribution < -0.4 is 15.8 Å². The number of aromatic nitrogens is 2. The van der Waals surface area contributed by atoms with Crippen LogP contribution >= 0.6 is 0 Å². The molecule has 0 aliphatic heterocycles. The van der Waals surface area contributed by atoms with Gasteiger partial charge in [-0.1, -0.05) is 0 Å². The number of nitrogens with zero attached hydrogens (tertiary/aromatic N) is 2. The van der Waals surface area contributed by atoms with E-state index in [0.717, 1.165) is 18.5 Å². The van der Waals surface area contributed by atoms with Gasteiger partial charge in [-0.15, -0.1) is 0 Å². The molecule has 1 aliphatic rings. The van der Waals surface area contributed by atoms with Gasteiger partial charge in [-0.2, -0.15) is 4.98 Å². The van der Waals surface area contributed by atoms with Crippen LogP contribution in [0.4, 0.5) is 5.95 Å². The van der Waals surface area contributed by atoms with Gasteiger partial charge in [0.2, 0.25) is 17.7 Å². The van der Waals surface area contributed by atoms with E-state index in [1.807, 2.05) is 6.92 Å². The highest BCUT2D eigenvalue weighted by Gasteiger charge is 2.29. The van der Waals surface area contributed by atoms with Crippen LogP contribution in [-0.4, -0.2) is 29.0 Å². The second-order valence-corrected chi connectivity index (χ2v) is 4.63. The van der Waals surface area contributed by atoms with Gasteiger partial charge in [-0.05, 0) is 25.7 Å². The maximum absolute atomic E-state index is 11.8. The highest BCUT2D eigenvalue weighted by Crippen LogP contribution is 2.32. The van der Waals surface area contributed by atoms with Gasteiger partial charge in [0.05, 0.1) is 7.11 Å². The quantitative estimate of drug-likeness (QED) is 0.809. The highest BCUT2D eigenvalue weighted by molar-refractivity contribution is 5.89. The normalized spacial score (nSPS) is 16.2. The number of nitrogens with one attached hydrogen (secondary N) is 1. The van der Waals surface area contributed by atoms with Gasteiger partial charge >= 0.3 is 0 Å². The molecule has 0 radical (unpaired) electrons. The summed E-state index contributed by atoms with van der Waals surface area (Å²) in [6.45, 7) is 1.82. The number of carbonyl (C=O) groups is 1. The largest absolute Gasteiger partial charge is 0.481 e. The molecule has 1 aromatic rings. The molecule has 0 saturated heterocycles. The van der Waals surface area contributed by atoms with E-state index in [1.54, 1.807) is 6.07 Å². The summed E-state index contributed by atoms with van der Waals surface area (Å²) >= 11 is 0. The van der Waals surface area contributed by atoms with Crippen molar-refractivity contribution < 1.29 is 9.53 Å². The average Bonchev–Trinajstić information content (AvgIpc) is 3.11. The van der Waals surface area contributed by atoms with Crippen molar-refractivity contribution in [1.82, 2.24) is 9.97 Å². The van der Waals surface area contributed by atoms with Crippen molar-refractivity contribution in [2.75, 3.05) is 12.4 Å². The van der Waals surface area contributed by atoms with Crippen LogP contribution in [-0.2, 0) is 4.79 Å². The van der Waals surface area contributed by atoms with Crippen molar-refractivity contribution >= 4 is 11.9 Å². The topological polar surface area (TPSA) is 90.1 Å². The molecule has 1 aliphatic carbocycles. The third-order valence-electron chi connectivity index (χ3n) is 2.94. The summed E-state index contributed by atoms with van der Waals surface area (Å²) in [4.78, 5) is 19.9. The molecule has 1 fully saturated rings. The second-order valence-electron chi connectivity index (χ2n) is 4.63. The molecule has 1 saturated carbocycles. The predicted molar refractivity (Wildman–Crippen MR) is 67.3 cm³/mol. The Kier molecular flexibility index (Phi) is 3.76. The lowest BCUT2D eigenvalue weighted by molar-refractivity contribution is -0.116. The molecule has 1 amide bonds. The molecule has 0 bridgehead atoms. The fourth-order valence-electron chi connectivity index (χ4n) is 1.78. The molecule has 6 heteroatoms. The number of carbonyl (C=O) groups excluding carboxylic acids is 1. The molecule has 1 atom stereocenters. The fourth-order valence-corrected chi connectivity index (χ4v) is 1.78. The Labute approximate surface area is 106 Å². The van der Waals surface area contributed by atoms with E-state index in [0.29, 0.717) is 18.2 Å². The van der Waals surface area contributed by atoms with Crippen LogP contribution in [0.1, 0.15) is 25.0 Å². The minimum Gasteiger partial charge on any atom is -0.481 e. The van der Waals surface area contributed by atoms with Crippen molar-refractivity contribution in [1.29, 1.82) is 0 Å². The predicted octanol–water partition coefficient (Wildman–Crippen LogP) is 0.860. The van der Waals surface area contributed by atoms with Gasteiger partial charge < -0.3 is 10.5 Å². The van der Waals surface area contributed by atoms with Crippen LogP contribution in [0.25, 0.3) is 0 Å². The van der Waals surface area contributed by atoms with Crippen molar-refractivity contribution in [2.45, 2.75) is 32.2 Å². The van der Waals surface area contributed by atoms with E-state index in [4.69, 9.17) is 10.5 Å². The lowest BCUT2D eigenvalue weighted by Gasteiger charge is -2.10. The minimum absolute atomic E-state index is 0.0586. The number of nitrogens with two attached hydrogens (primary N) is 1. The number of hydrogen-bond donors (Lipinski definition) is 2. The zero-order chi connectivity index (χ0) is 13.1. The smallest absolute Gasteiger partial charge is 0.232 e. The van der Waals surface area contributed by atoms with E-state index in [2.05, 4.69) is 15.3 Å². The molecule has 98 valence electrons. The third kappa shape index (κ3) is 3.40. The first-order chi connectivity index (χ1) is 8.58. The molecule has 0 spiro atoms. The van der Waals surface area contributed by atoms with Gasteiger partial charge in [0.1, 0.15) is 0 Å². The molecule has 0 aromatic carbocycles. The number of hydrogen-bond acceptors (Lipinski definition) is 5. The molecule has 18 heavy (non-hydrogen) atoms. The summed E-state index contributed by atoms with van der Waals surface area (Å²) in [5.41, 5.74) is 6.63. The van der Waals surface area contributed by atoms with Crippen molar-refractivity contribution in [3.05, 3.63) is 11.8 Å². The summed E-state index contributed by atoms with van der Waals surface area (Å²) in [6, 6.07) is 1.64. The number of rotatable bonds is 5. The SMILES string of the molecule is COc1cc(C)nc(NC(=O)CC(N)C2CC2)n1. The molecule has 1 unspecified atom stereocenters. The Morgan fingerprint density at radius 1 is 1.61 bits per heavy atom. The second kappa shape index (κ2) is 5.30. The van der Waals surface area contributed by atoms with E-state index < -0.39 is 0 Å². The summed E-state index contributed by atoms with van der Waals surface area (Å²) in [5.74, 6) is 1.05. The van der Waals surface area contributed by atoms with Gasteiger partial charge in [0.15, 0.2) is 0 Å².